The van der Waals surface area contributed by atoms with Gasteiger partial charge in [0.15, 0.2) is 0 Å². The Hall–Kier alpha value is -1.85. The lowest BCUT2D eigenvalue weighted by atomic mass is 9.85. The molecule has 3 unspecified atom stereocenters. The smallest absolute Gasteiger partial charge is 0.331 e. The summed E-state index contributed by atoms with van der Waals surface area (Å²) in [7, 11) is 1.43. The minimum absolute atomic E-state index is 0.0114. The molecule has 2 aliphatic rings. The Morgan fingerprint density at radius 2 is 2.00 bits per heavy atom. The van der Waals surface area contributed by atoms with Gasteiger partial charge in [0.1, 0.15) is 6.54 Å². The third kappa shape index (κ3) is 2.51. The van der Waals surface area contributed by atoms with E-state index in [1.54, 1.807) is 0 Å². The summed E-state index contributed by atoms with van der Waals surface area (Å²) in [5, 5.41) is 0. The number of carbonyl (C=O) groups is 1. The van der Waals surface area contributed by atoms with Crippen molar-refractivity contribution >= 4 is 5.91 Å². The van der Waals surface area contributed by atoms with E-state index in [4.69, 9.17) is 0 Å². The molecule has 1 aromatic heterocycles. The van der Waals surface area contributed by atoms with Crippen LogP contribution < -0.4 is 11.2 Å². The summed E-state index contributed by atoms with van der Waals surface area (Å²) in [6.07, 6.45) is 7.20. The van der Waals surface area contributed by atoms with E-state index in [0.717, 1.165) is 17.4 Å². The van der Waals surface area contributed by atoms with E-state index in [2.05, 4.69) is 6.92 Å². The maximum absolute atomic E-state index is 12.7. The molecule has 0 N–H and O–H groups in total. The summed E-state index contributed by atoms with van der Waals surface area (Å²) in [6.45, 7) is 2.11. The summed E-state index contributed by atoms with van der Waals surface area (Å²) >= 11 is 0. The number of hydrogen-bond acceptors (Lipinski definition) is 3. The van der Waals surface area contributed by atoms with Crippen LogP contribution in [0.5, 0.6) is 0 Å². The number of nitrogens with zero attached hydrogens (tertiary/aromatic N) is 3. The molecule has 0 spiro atoms. The number of carbonyl (C=O) groups excluding carboxylic acids is 1. The highest BCUT2D eigenvalue weighted by molar-refractivity contribution is 5.77. The van der Waals surface area contributed by atoms with Crippen LogP contribution in [-0.4, -0.2) is 32.0 Å². The van der Waals surface area contributed by atoms with Gasteiger partial charge in [-0.05, 0) is 32.1 Å². The van der Waals surface area contributed by atoms with Crippen molar-refractivity contribution in [2.24, 2.45) is 13.0 Å². The van der Waals surface area contributed by atoms with Crippen molar-refractivity contribution < 1.29 is 4.79 Å². The number of aromatic nitrogens is 2. The molecule has 0 radical (unpaired) electrons. The molecule has 3 atom stereocenters. The molecule has 1 saturated heterocycles. The van der Waals surface area contributed by atoms with E-state index in [0.29, 0.717) is 12.0 Å². The molecule has 2 heterocycles. The van der Waals surface area contributed by atoms with Gasteiger partial charge in [-0.2, -0.15) is 0 Å². The fraction of sp³-hybridized carbons (Fsp3) is 0.688. The second-order valence-corrected chi connectivity index (χ2v) is 6.62. The van der Waals surface area contributed by atoms with E-state index in [1.807, 2.05) is 4.90 Å². The molecule has 0 aromatic carbocycles. The van der Waals surface area contributed by atoms with E-state index in [-0.39, 0.29) is 24.1 Å². The first kappa shape index (κ1) is 15.1. The molecule has 6 nitrogen and oxygen atoms in total. The van der Waals surface area contributed by atoms with Crippen molar-refractivity contribution in [3.05, 3.63) is 33.1 Å². The SMILES string of the molecule is CC1CC2CCCCC2N1C(=O)Cn1ccc(=O)n(C)c1=O. The van der Waals surface area contributed by atoms with Gasteiger partial charge in [0.05, 0.1) is 0 Å². The summed E-state index contributed by atoms with van der Waals surface area (Å²) in [4.78, 5) is 38.2. The molecule has 0 bridgehead atoms. The van der Waals surface area contributed by atoms with E-state index in [9.17, 15) is 14.4 Å². The highest BCUT2D eigenvalue weighted by atomic mass is 16.2. The van der Waals surface area contributed by atoms with Crippen molar-refractivity contribution in [1.29, 1.82) is 0 Å². The fourth-order valence-corrected chi connectivity index (χ4v) is 4.10. The van der Waals surface area contributed by atoms with Crippen LogP contribution in [0.3, 0.4) is 0 Å². The maximum atomic E-state index is 12.7. The van der Waals surface area contributed by atoms with Crippen LogP contribution >= 0.6 is 0 Å². The number of rotatable bonds is 2. The molecule has 1 amide bonds. The second kappa shape index (κ2) is 5.74. The summed E-state index contributed by atoms with van der Waals surface area (Å²) in [6, 6.07) is 1.90. The summed E-state index contributed by atoms with van der Waals surface area (Å²) in [5.41, 5.74) is -0.788. The van der Waals surface area contributed by atoms with Gasteiger partial charge < -0.3 is 4.90 Å². The normalized spacial score (nSPS) is 27.7. The molecule has 3 rings (SSSR count). The minimum Gasteiger partial charge on any atom is -0.335 e. The van der Waals surface area contributed by atoms with Gasteiger partial charge >= 0.3 is 5.69 Å². The van der Waals surface area contributed by atoms with Crippen LogP contribution in [0.15, 0.2) is 21.9 Å². The first-order valence-electron chi connectivity index (χ1n) is 8.06. The van der Waals surface area contributed by atoms with Crippen molar-refractivity contribution in [1.82, 2.24) is 14.0 Å². The van der Waals surface area contributed by atoms with Gasteiger partial charge in [-0.25, -0.2) is 4.79 Å². The molecule has 120 valence electrons. The average Bonchev–Trinajstić information content (AvgIpc) is 2.83. The third-order valence-corrected chi connectivity index (χ3v) is 5.20. The number of amides is 1. The van der Waals surface area contributed by atoms with Crippen molar-refractivity contribution in [2.75, 3.05) is 0 Å². The number of likely N-dealkylation sites (tertiary alicyclic amines) is 1. The summed E-state index contributed by atoms with van der Waals surface area (Å²) in [5.74, 6) is 0.604. The molecule has 6 heteroatoms. The molecule has 1 aliphatic carbocycles. The topological polar surface area (TPSA) is 64.3 Å². The van der Waals surface area contributed by atoms with Crippen LogP contribution in [-0.2, 0) is 18.4 Å². The molecule has 22 heavy (non-hydrogen) atoms. The Balaban J connectivity index is 1.81. The Labute approximate surface area is 129 Å². The second-order valence-electron chi connectivity index (χ2n) is 6.62. The van der Waals surface area contributed by atoms with Crippen molar-refractivity contribution in [3.63, 3.8) is 0 Å². The van der Waals surface area contributed by atoms with Crippen LogP contribution in [0, 0.1) is 5.92 Å². The summed E-state index contributed by atoms with van der Waals surface area (Å²) < 4.78 is 2.36. The number of hydrogen-bond donors (Lipinski definition) is 0. The van der Waals surface area contributed by atoms with Gasteiger partial charge in [0.25, 0.3) is 5.56 Å². The predicted molar refractivity (Wildman–Crippen MR) is 82.6 cm³/mol. The Morgan fingerprint density at radius 3 is 2.77 bits per heavy atom. The van der Waals surface area contributed by atoms with Crippen LogP contribution in [0.2, 0.25) is 0 Å². The fourth-order valence-electron chi connectivity index (χ4n) is 4.10. The van der Waals surface area contributed by atoms with Gasteiger partial charge in [-0.3, -0.25) is 18.7 Å². The van der Waals surface area contributed by atoms with Gasteiger partial charge in [-0.1, -0.05) is 12.8 Å². The first-order chi connectivity index (χ1) is 10.5. The highest BCUT2D eigenvalue weighted by Gasteiger charge is 2.42. The van der Waals surface area contributed by atoms with Gasteiger partial charge in [0.2, 0.25) is 5.91 Å². The van der Waals surface area contributed by atoms with E-state index >= 15 is 0 Å². The van der Waals surface area contributed by atoms with Crippen LogP contribution in [0.1, 0.15) is 39.0 Å². The Morgan fingerprint density at radius 1 is 1.27 bits per heavy atom. The first-order valence-corrected chi connectivity index (χ1v) is 8.06. The molecule has 1 aliphatic heterocycles. The molecule has 1 aromatic rings. The monoisotopic (exact) mass is 305 g/mol. The van der Waals surface area contributed by atoms with Gasteiger partial charge in [-0.15, -0.1) is 0 Å². The van der Waals surface area contributed by atoms with E-state index < -0.39 is 5.69 Å². The lowest BCUT2D eigenvalue weighted by Gasteiger charge is -2.33. The molecular weight excluding hydrogens is 282 g/mol. The van der Waals surface area contributed by atoms with Crippen molar-refractivity contribution in [2.45, 2.75) is 57.7 Å². The van der Waals surface area contributed by atoms with Crippen molar-refractivity contribution in [3.8, 4) is 0 Å². The van der Waals surface area contributed by atoms with Crippen LogP contribution in [0.4, 0.5) is 0 Å². The zero-order valence-corrected chi connectivity index (χ0v) is 13.2. The molecular formula is C16H23N3O3. The van der Waals surface area contributed by atoms with Crippen LogP contribution in [0.25, 0.3) is 0 Å². The minimum atomic E-state index is -0.437. The third-order valence-electron chi connectivity index (χ3n) is 5.20. The Kier molecular flexibility index (Phi) is 3.93. The van der Waals surface area contributed by atoms with Gasteiger partial charge in [0, 0.05) is 31.4 Å². The predicted octanol–water partition coefficient (Wildman–Crippen LogP) is 0.727. The maximum Gasteiger partial charge on any atom is 0.331 e. The Bertz CT molecular complexity index is 691. The zero-order chi connectivity index (χ0) is 15.9. The standard InChI is InChI=1S/C16H23N3O3/c1-11-9-12-5-3-4-6-13(12)19(11)15(21)10-18-8-7-14(20)17(2)16(18)22/h7-8,11-13H,3-6,9-10H2,1-2H3. The molecule has 2 fully saturated rings. The zero-order valence-electron chi connectivity index (χ0n) is 13.2. The lowest BCUT2D eigenvalue weighted by molar-refractivity contribution is -0.135. The lowest BCUT2D eigenvalue weighted by Crippen LogP contribution is -2.46. The average molecular weight is 305 g/mol. The largest absolute Gasteiger partial charge is 0.335 e. The quantitative estimate of drug-likeness (QED) is 0.809. The highest BCUT2D eigenvalue weighted by Crippen LogP contribution is 2.39. The van der Waals surface area contributed by atoms with E-state index in [1.165, 1.54) is 43.1 Å². The number of fused-ring (bicyclic) bond motifs is 1. The molecule has 1 saturated carbocycles.